The largest absolute Gasteiger partial charge is 0.497 e. The Bertz CT molecular complexity index is 970. The van der Waals surface area contributed by atoms with Gasteiger partial charge in [-0.3, -0.25) is 9.69 Å². The number of aryl methyl sites for hydroxylation is 1. The van der Waals surface area contributed by atoms with Crippen LogP contribution in [0.2, 0.25) is 0 Å². The molecule has 0 atom stereocenters. The van der Waals surface area contributed by atoms with E-state index < -0.39 is 5.97 Å². The minimum atomic E-state index is -0.503. The summed E-state index contributed by atoms with van der Waals surface area (Å²) >= 11 is 0. The highest BCUT2D eigenvalue weighted by Crippen LogP contribution is 2.35. The highest BCUT2D eigenvalue weighted by Gasteiger charge is 2.38. The van der Waals surface area contributed by atoms with Crippen molar-refractivity contribution < 1.29 is 19.1 Å². The Morgan fingerprint density at radius 3 is 2.46 bits per heavy atom. The van der Waals surface area contributed by atoms with E-state index in [9.17, 15) is 9.59 Å². The maximum absolute atomic E-state index is 13.3. The average molecular weight is 377 g/mol. The lowest BCUT2D eigenvalue weighted by molar-refractivity contribution is -0.138. The summed E-state index contributed by atoms with van der Waals surface area (Å²) < 4.78 is 10.5. The molecule has 2 aromatic rings. The van der Waals surface area contributed by atoms with E-state index in [-0.39, 0.29) is 18.1 Å². The van der Waals surface area contributed by atoms with E-state index in [0.717, 1.165) is 11.1 Å². The van der Waals surface area contributed by atoms with E-state index in [4.69, 9.17) is 9.47 Å². The third-order valence-corrected chi connectivity index (χ3v) is 4.58. The molecule has 0 fully saturated rings. The molecule has 3 rings (SSSR count). The molecule has 1 heterocycles. The predicted octanol–water partition coefficient (Wildman–Crippen LogP) is 4.27. The monoisotopic (exact) mass is 377 g/mol. The second-order valence-electron chi connectivity index (χ2n) is 6.49. The number of carbonyl (C=O) groups excluding carboxylic acids is 2. The summed E-state index contributed by atoms with van der Waals surface area (Å²) in [5, 5.41) is 0. The predicted molar refractivity (Wildman–Crippen MR) is 109 cm³/mol. The van der Waals surface area contributed by atoms with E-state index in [1.165, 1.54) is 0 Å². The van der Waals surface area contributed by atoms with Crippen LogP contribution in [0.3, 0.4) is 0 Å². The van der Waals surface area contributed by atoms with Crippen LogP contribution in [-0.4, -0.2) is 25.6 Å². The van der Waals surface area contributed by atoms with Gasteiger partial charge in [-0.1, -0.05) is 29.8 Å². The Balaban J connectivity index is 2.11. The number of benzene rings is 2. The molecule has 5 heteroatoms. The Labute approximate surface area is 164 Å². The van der Waals surface area contributed by atoms with Gasteiger partial charge in [-0.25, -0.2) is 4.79 Å². The van der Waals surface area contributed by atoms with Crippen LogP contribution < -0.4 is 9.64 Å². The van der Waals surface area contributed by atoms with Gasteiger partial charge in [-0.05, 0) is 56.7 Å². The number of esters is 1. The molecular formula is C23H23NO4. The van der Waals surface area contributed by atoms with E-state index in [1.54, 1.807) is 31.9 Å². The Morgan fingerprint density at radius 1 is 1.11 bits per heavy atom. The van der Waals surface area contributed by atoms with E-state index in [2.05, 4.69) is 0 Å². The van der Waals surface area contributed by atoms with Crippen molar-refractivity contribution in [2.45, 2.75) is 20.8 Å². The minimum Gasteiger partial charge on any atom is -0.497 e. The van der Waals surface area contributed by atoms with E-state index in [0.29, 0.717) is 22.7 Å². The number of carbonyl (C=O) groups is 2. The van der Waals surface area contributed by atoms with Crippen molar-refractivity contribution in [1.82, 2.24) is 0 Å². The first-order chi connectivity index (χ1) is 13.5. The second-order valence-corrected chi connectivity index (χ2v) is 6.49. The van der Waals surface area contributed by atoms with Crippen LogP contribution in [0.1, 0.15) is 25.0 Å². The molecule has 28 heavy (non-hydrogen) atoms. The van der Waals surface area contributed by atoms with E-state index in [1.807, 2.05) is 55.5 Å². The second kappa shape index (κ2) is 8.13. The normalized spacial score (nSPS) is 15.4. The Morgan fingerprint density at radius 2 is 1.82 bits per heavy atom. The number of methoxy groups -OCH3 is 1. The van der Waals surface area contributed by atoms with Crippen LogP contribution in [0, 0.1) is 6.92 Å². The van der Waals surface area contributed by atoms with Gasteiger partial charge in [0.15, 0.2) is 0 Å². The lowest BCUT2D eigenvalue weighted by atomic mass is 10.0. The van der Waals surface area contributed by atoms with Gasteiger partial charge in [0.05, 0.1) is 24.9 Å². The number of amides is 1. The molecule has 0 saturated heterocycles. The maximum Gasteiger partial charge on any atom is 0.340 e. The molecule has 1 amide bonds. The molecule has 0 unspecified atom stereocenters. The third kappa shape index (κ3) is 3.69. The Kier molecular flexibility index (Phi) is 5.64. The number of rotatable bonds is 5. The number of anilines is 1. The van der Waals surface area contributed by atoms with Crippen LogP contribution >= 0.6 is 0 Å². The molecule has 0 spiro atoms. The van der Waals surface area contributed by atoms with Gasteiger partial charge >= 0.3 is 5.97 Å². The smallest absolute Gasteiger partial charge is 0.340 e. The highest BCUT2D eigenvalue weighted by molar-refractivity contribution is 6.23. The molecule has 1 aliphatic rings. The molecule has 0 radical (unpaired) electrons. The summed E-state index contributed by atoms with van der Waals surface area (Å²) in [6, 6.07) is 14.9. The zero-order valence-corrected chi connectivity index (χ0v) is 16.5. The lowest BCUT2D eigenvalue weighted by Crippen LogP contribution is -2.24. The summed E-state index contributed by atoms with van der Waals surface area (Å²) in [6.07, 6.45) is 1.70. The summed E-state index contributed by atoms with van der Waals surface area (Å²) in [4.78, 5) is 27.4. The minimum absolute atomic E-state index is 0.237. The zero-order chi connectivity index (χ0) is 20.3. The fourth-order valence-electron chi connectivity index (χ4n) is 3.18. The van der Waals surface area contributed by atoms with Crippen molar-refractivity contribution in [3.05, 3.63) is 76.5 Å². The van der Waals surface area contributed by atoms with Crippen LogP contribution in [0.4, 0.5) is 5.69 Å². The van der Waals surface area contributed by atoms with Crippen LogP contribution in [0.15, 0.2) is 65.4 Å². The molecule has 5 nitrogen and oxygen atoms in total. The Hall–Kier alpha value is -3.34. The van der Waals surface area contributed by atoms with Gasteiger partial charge in [0.2, 0.25) is 0 Å². The fourth-order valence-corrected chi connectivity index (χ4v) is 3.18. The first kappa shape index (κ1) is 19.4. The molecule has 0 saturated carbocycles. The van der Waals surface area contributed by atoms with Gasteiger partial charge in [0, 0.05) is 11.4 Å². The standard InChI is InChI=1S/C23H23NO4/c1-5-28-23(26)21-16(3)24(18-11-9-15(2)10-12-18)22(25)20(21)14-17-7-6-8-19(13-17)27-4/h6-14H,5H2,1-4H3/b20-14-. The first-order valence-electron chi connectivity index (χ1n) is 9.11. The number of hydrogen-bond donors (Lipinski definition) is 0. The number of allylic oxidation sites excluding steroid dienone is 1. The third-order valence-electron chi connectivity index (χ3n) is 4.58. The molecule has 0 aromatic heterocycles. The van der Waals surface area contributed by atoms with Gasteiger partial charge in [-0.15, -0.1) is 0 Å². The van der Waals surface area contributed by atoms with Crippen molar-refractivity contribution in [1.29, 1.82) is 0 Å². The summed E-state index contributed by atoms with van der Waals surface area (Å²) in [5.41, 5.74) is 3.73. The van der Waals surface area contributed by atoms with Crippen LogP contribution in [0.5, 0.6) is 5.75 Å². The summed E-state index contributed by atoms with van der Waals surface area (Å²) in [6.45, 7) is 5.72. The fraction of sp³-hybridized carbons (Fsp3) is 0.217. The summed E-state index contributed by atoms with van der Waals surface area (Å²) in [5.74, 6) is -0.0853. The maximum atomic E-state index is 13.3. The molecule has 144 valence electrons. The SMILES string of the molecule is CCOC(=O)C1=C(C)N(c2ccc(C)cc2)C(=O)/C1=C\c1cccc(OC)c1. The van der Waals surface area contributed by atoms with Gasteiger partial charge < -0.3 is 9.47 Å². The number of nitrogens with zero attached hydrogens (tertiary/aromatic N) is 1. The zero-order valence-electron chi connectivity index (χ0n) is 16.5. The average Bonchev–Trinajstić information content (AvgIpc) is 2.93. The summed E-state index contributed by atoms with van der Waals surface area (Å²) in [7, 11) is 1.58. The van der Waals surface area contributed by atoms with Gasteiger partial charge in [0.1, 0.15) is 5.75 Å². The molecule has 0 N–H and O–H groups in total. The van der Waals surface area contributed by atoms with E-state index >= 15 is 0 Å². The molecular weight excluding hydrogens is 354 g/mol. The highest BCUT2D eigenvalue weighted by atomic mass is 16.5. The van der Waals surface area contributed by atoms with Crippen LogP contribution in [0.25, 0.3) is 6.08 Å². The number of hydrogen-bond acceptors (Lipinski definition) is 4. The quantitative estimate of drug-likeness (QED) is 0.577. The topological polar surface area (TPSA) is 55.8 Å². The van der Waals surface area contributed by atoms with Crippen molar-refractivity contribution in [2.24, 2.45) is 0 Å². The molecule has 2 aromatic carbocycles. The van der Waals surface area contributed by atoms with Crippen molar-refractivity contribution in [2.75, 3.05) is 18.6 Å². The molecule has 0 aliphatic carbocycles. The molecule has 1 aliphatic heterocycles. The van der Waals surface area contributed by atoms with Crippen molar-refractivity contribution in [3.8, 4) is 5.75 Å². The lowest BCUT2D eigenvalue weighted by Gasteiger charge is -2.18. The molecule has 0 bridgehead atoms. The van der Waals surface area contributed by atoms with Gasteiger partial charge in [-0.2, -0.15) is 0 Å². The van der Waals surface area contributed by atoms with Crippen molar-refractivity contribution >= 4 is 23.6 Å². The van der Waals surface area contributed by atoms with Crippen LogP contribution in [-0.2, 0) is 14.3 Å². The first-order valence-corrected chi connectivity index (χ1v) is 9.11. The van der Waals surface area contributed by atoms with Crippen molar-refractivity contribution in [3.63, 3.8) is 0 Å². The number of ether oxygens (including phenoxy) is 2. The van der Waals surface area contributed by atoms with Gasteiger partial charge in [0.25, 0.3) is 5.91 Å².